The zero-order valence-electron chi connectivity index (χ0n) is 6.57. The molecule has 0 saturated heterocycles. The molecule has 0 aliphatic heterocycles. The van der Waals surface area contributed by atoms with Gasteiger partial charge in [-0.15, -0.1) is 0 Å². The molecule has 0 N–H and O–H groups in total. The maximum atomic E-state index is 7.33. The van der Waals surface area contributed by atoms with E-state index in [-0.39, 0.29) is 0 Å². The summed E-state index contributed by atoms with van der Waals surface area (Å²) >= 11 is 6.20. The minimum absolute atomic E-state index is 0.617. The van der Waals surface area contributed by atoms with Crippen LogP contribution in [-0.4, -0.2) is 0 Å². The molecule has 0 aliphatic carbocycles. The summed E-state index contributed by atoms with van der Waals surface area (Å²) in [5, 5.41) is -1.43. The number of halogens is 2. The van der Waals surface area contributed by atoms with E-state index in [9.17, 15) is 0 Å². The number of rotatable bonds is 1. The van der Waals surface area contributed by atoms with Gasteiger partial charge in [-0.3, -0.25) is 0 Å². The molecule has 0 unspecified atom stereocenters. The Balaban J connectivity index is 3.06. The molecule has 48 valence electrons. The highest BCUT2D eigenvalue weighted by Crippen LogP contribution is 2.13. The van der Waals surface area contributed by atoms with Crippen LogP contribution in [-0.2, 0) is 5.28 Å². The molecular weight excluding hydrogens is 244 g/mol. The van der Waals surface area contributed by atoms with Crippen molar-refractivity contribution in [3.8, 4) is 0 Å². The van der Waals surface area contributed by atoms with Crippen LogP contribution in [0.3, 0.4) is 0 Å². The molecule has 1 aromatic carbocycles. The predicted molar refractivity (Wildman–Crippen MR) is 46.8 cm³/mol. The maximum absolute atomic E-state index is 7.33. The molecule has 0 spiro atoms. The van der Waals surface area contributed by atoms with Crippen molar-refractivity contribution in [1.29, 1.82) is 0 Å². The molecule has 0 fully saturated rings. The lowest BCUT2D eigenvalue weighted by atomic mass is 10.2. The summed E-state index contributed by atoms with van der Waals surface area (Å²) in [6.45, 7) is 0. The summed E-state index contributed by atoms with van der Waals surface area (Å²) < 4.78 is 15.6. The zero-order chi connectivity index (χ0) is 8.48. The van der Waals surface area contributed by atoms with Crippen molar-refractivity contribution in [3.63, 3.8) is 0 Å². The second kappa shape index (κ2) is 3.37. The van der Waals surface area contributed by atoms with Crippen LogP contribution in [0, 0.1) is 0 Å². The van der Waals surface area contributed by atoms with Crippen molar-refractivity contribution in [3.05, 3.63) is 34.3 Å². The number of benzene rings is 1. The number of hydrogen-bond acceptors (Lipinski definition) is 0. The van der Waals surface area contributed by atoms with Gasteiger partial charge < -0.3 is 0 Å². The van der Waals surface area contributed by atoms with Crippen LogP contribution in [0.5, 0.6) is 0 Å². The first-order chi connectivity index (χ1) is 5.00. The summed E-state index contributed by atoms with van der Waals surface area (Å²) in [6, 6.07) is 7.15. The van der Waals surface area contributed by atoms with Gasteiger partial charge in [0.2, 0.25) is 0 Å². The molecule has 1 aromatic rings. The first-order valence-corrected chi connectivity index (χ1v) is 4.04. The molecule has 0 heterocycles. The van der Waals surface area contributed by atoms with Gasteiger partial charge in [-0.25, -0.2) is 0 Å². The first kappa shape index (κ1) is 4.91. The van der Waals surface area contributed by atoms with Crippen LogP contribution in [0.4, 0.5) is 0 Å². The van der Waals surface area contributed by atoms with E-state index in [4.69, 9.17) is 2.74 Å². The highest BCUT2D eigenvalue weighted by molar-refractivity contribution is 9.10. The monoisotopic (exact) mass is 250 g/mol. The lowest BCUT2D eigenvalue weighted by Gasteiger charge is -1.93. The van der Waals surface area contributed by atoms with Crippen molar-refractivity contribution in [2.24, 2.45) is 0 Å². The van der Waals surface area contributed by atoms with Gasteiger partial charge >= 0.3 is 0 Å². The second-order valence-electron chi connectivity index (χ2n) is 1.60. The predicted octanol–water partition coefficient (Wildman–Crippen LogP) is 3.34. The fraction of sp³-hybridized carbons (Fsp3) is 0.143. The van der Waals surface area contributed by atoms with Crippen LogP contribution < -0.4 is 0 Å². The molecule has 9 heavy (non-hydrogen) atoms. The van der Waals surface area contributed by atoms with E-state index < -0.39 is 5.28 Å². The summed E-state index contributed by atoms with van der Waals surface area (Å²) in [7, 11) is 0. The van der Waals surface area contributed by atoms with Gasteiger partial charge in [0.05, 0.1) is 0 Å². The highest BCUT2D eigenvalue weighted by atomic mass is 79.9. The van der Waals surface area contributed by atoms with Crippen molar-refractivity contribution in [2.75, 3.05) is 0 Å². The van der Waals surface area contributed by atoms with Crippen LogP contribution in [0.15, 0.2) is 28.7 Å². The molecule has 0 amide bonds. The van der Waals surface area contributed by atoms with Gasteiger partial charge in [0.15, 0.2) is 0 Å². The van der Waals surface area contributed by atoms with Crippen molar-refractivity contribution < 1.29 is 2.74 Å². The molecule has 0 nitrogen and oxygen atoms in total. The van der Waals surface area contributed by atoms with Gasteiger partial charge in [-0.1, -0.05) is 44.0 Å². The largest absolute Gasteiger partial charge is 0.0876 e. The minimum Gasteiger partial charge on any atom is -0.0876 e. The van der Waals surface area contributed by atoms with E-state index in [2.05, 4.69) is 31.9 Å². The maximum Gasteiger partial charge on any atom is 0.0437 e. The molecule has 0 radical (unpaired) electrons. The fourth-order valence-corrected chi connectivity index (χ4v) is 1.19. The topological polar surface area (TPSA) is 0 Å². The van der Waals surface area contributed by atoms with E-state index in [1.165, 1.54) is 0 Å². The van der Waals surface area contributed by atoms with Gasteiger partial charge in [0.1, 0.15) is 0 Å². The molecule has 2 heteroatoms. The van der Waals surface area contributed by atoms with Gasteiger partial charge in [-0.05, 0) is 17.7 Å². The Morgan fingerprint density at radius 2 is 2.33 bits per heavy atom. The Hall–Kier alpha value is 0.180. The van der Waals surface area contributed by atoms with E-state index in [0.29, 0.717) is 5.56 Å². The van der Waals surface area contributed by atoms with Crippen molar-refractivity contribution in [2.45, 2.75) is 5.28 Å². The molecule has 0 aromatic heterocycles. The Labute approximate surface area is 74.3 Å². The second-order valence-corrected chi connectivity index (χ2v) is 2.92. The Kier molecular flexibility index (Phi) is 1.84. The third-order valence-corrected chi connectivity index (χ3v) is 1.88. The molecular formula is C7H6Br2. The molecule has 0 atom stereocenters. The summed E-state index contributed by atoms with van der Waals surface area (Å²) in [5.41, 5.74) is 0.617. The number of hydrogen-bond donors (Lipinski definition) is 0. The van der Waals surface area contributed by atoms with E-state index in [0.717, 1.165) is 4.47 Å². The first-order valence-electron chi connectivity index (χ1n) is 3.45. The van der Waals surface area contributed by atoms with E-state index in [1.54, 1.807) is 18.2 Å². The Bertz CT molecular complexity index is 255. The third kappa shape index (κ3) is 2.11. The lowest BCUT2D eigenvalue weighted by Crippen LogP contribution is -1.73. The van der Waals surface area contributed by atoms with Crippen LogP contribution in [0.25, 0.3) is 0 Å². The summed E-state index contributed by atoms with van der Waals surface area (Å²) in [6.07, 6.45) is 0. The van der Waals surface area contributed by atoms with Crippen molar-refractivity contribution in [1.82, 2.24) is 0 Å². The molecule has 0 bridgehead atoms. The summed E-state index contributed by atoms with van der Waals surface area (Å²) in [5.74, 6) is 0. The van der Waals surface area contributed by atoms with Gasteiger partial charge in [0, 0.05) is 12.5 Å². The SMILES string of the molecule is [2H]C([2H])(Br)c1cccc(Br)c1. The molecule has 0 saturated carbocycles. The fourth-order valence-electron chi connectivity index (χ4n) is 0.547. The molecule has 0 aliphatic rings. The Morgan fingerprint density at radius 1 is 1.56 bits per heavy atom. The van der Waals surface area contributed by atoms with E-state index >= 15 is 0 Å². The normalized spacial score (nSPS) is 14.4. The lowest BCUT2D eigenvalue weighted by molar-refractivity contribution is 1.42. The Morgan fingerprint density at radius 3 is 2.78 bits per heavy atom. The van der Waals surface area contributed by atoms with Gasteiger partial charge in [0.25, 0.3) is 0 Å². The van der Waals surface area contributed by atoms with Crippen molar-refractivity contribution >= 4 is 31.9 Å². The standard InChI is InChI=1S/C7H6Br2/c8-5-6-2-1-3-7(9)4-6/h1-4H,5H2/i5D2. The van der Waals surface area contributed by atoms with E-state index in [1.807, 2.05) is 6.07 Å². The summed E-state index contributed by atoms with van der Waals surface area (Å²) in [4.78, 5) is 0. The smallest absolute Gasteiger partial charge is 0.0437 e. The van der Waals surface area contributed by atoms with Crippen LogP contribution in [0.2, 0.25) is 0 Å². The van der Waals surface area contributed by atoms with Crippen LogP contribution in [0.1, 0.15) is 8.30 Å². The zero-order valence-corrected chi connectivity index (χ0v) is 7.74. The number of alkyl halides is 1. The van der Waals surface area contributed by atoms with Crippen LogP contribution >= 0.6 is 31.9 Å². The minimum atomic E-state index is -1.43. The average molecular weight is 252 g/mol. The molecule has 1 rings (SSSR count). The highest BCUT2D eigenvalue weighted by Gasteiger charge is 1.88. The third-order valence-electron chi connectivity index (χ3n) is 0.934. The quantitative estimate of drug-likeness (QED) is 0.672. The van der Waals surface area contributed by atoms with Gasteiger partial charge in [-0.2, -0.15) is 0 Å². The average Bonchev–Trinajstić information content (AvgIpc) is 1.86.